The van der Waals surface area contributed by atoms with Gasteiger partial charge in [-0.2, -0.15) is 0 Å². The van der Waals surface area contributed by atoms with Crippen molar-refractivity contribution in [3.8, 4) is 0 Å². The molecular formula is C17H25N3O2. The molecule has 0 saturated heterocycles. The van der Waals surface area contributed by atoms with Crippen molar-refractivity contribution < 1.29 is 4.92 Å². The Bertz CT molecular complexity index is 613. The Morgan fingerprint density at radius 3 is 2.45 bits per heavy atom. The van der Waals surface area contributed by atoms with E-state index < -0.39 is 0 Å². The van der Waals surface area contributed by atoms with Crippen LogP contribution in [0.2, 0.25) is 0 Å². The van der Waals surface area contributed by atoms with Gasteiger partial charge in [0.2, 0.25) is 0 Å². The van der Waals surface area contributed by atoms with Crippen LogP contribution in [0.5, 0.6) is 0 Å². The van der Waals surface area contributed by atoms with Crippen LogP contribution in [-0.2, 0) is 6.54 Å². The first kappa shape index (κ1) is 16.5. The molecule has 0 saturated carbocycles. The fourth-order valence-electron chi connectivity index (χ4n) is 2.69. The summed E-state index contributed by atoms with van der Waals surface area (Å²) in [6, 6.07) is 5.02. The number of non-ortho nitro benzene ring substituents is 1. The van der Waals surface area contributed by atoms with E-state index in [1.165, 1.54) is 25.7 Å². The lowest BCUT2D eigenvalue weighted by Crippen LogP contribution is -2.25. The first-order chi connectivity index (χ1) is 10.7. The molecule has 5 nitrogen and oxygen atoms in total. The first-order valence-corrected chi connectivity index (χ1v) is 8.12. The molecule has 0 bridgehead atoms. The molecule has 0 atom stereocenters. The lowest BCUT2D eigenvalue weighted by atomic mass is 10.1. The minimum atomic E-state index is -0.331. The van der Waals surface area contributed by atoms with Crippen molar-refractivity contribution >= 4 is 16.6 Å². The van der Waals surface area contributed by atoms with Crippen LogP contribution in [-0.4, -0.2) is 27.9 Å². The Kier molecular flexibility index (Phi) is 5.95. The maximum atomic E-state index is 11.0. The Balaban J connectivity index is 2.20. The summed E-state index contributed by atoms with van der Waals surface area (Å²) in [6.07, 6.45) is 6.72. The highest BCUT2D eigenvalue weighted by Gasteiger charge is 2.13. The summed E-state index contributed by atoms with van der Waals surface area (Å²) >= 11 is 0. The highest BCUT2D eigenvalue weighted by atomic mass is 16.6. The molecule has 0 spiro atoms. The maximum absolute atomic E-state index is 11.0. The zero-order valence-corrected chi connectivity index (χ0v) is 13.5. The van der Waals surface area contributed by atoms with Gasteiger partial charge in [0.1, 0.15) is 0 Å². The van der Waals surface area contributed by atoms with Crippen LogP contribution >= 0.6 is 0 Å². The monoisotopic (exact) mass is 303 g/mol. The summed E-state index contributed by atoms with van der Waals surface area (Å²) in [5, 5.41) is 11.9. The summed E-state index contributed by atoms with van der Waals surface area (Å²) < 4.78 is 0. The van der Waals surface area contributed by atoms with Gasteiger partial charge < -0.3 is 4.98 Å². The number of nitrogens with zero attached hydrogens (tertiary/aromatic N) is 2. The van der Waals surface area contributed by atoms with Crippen LogP contribution in [0.15, 0.2) is 24.4 Å². The fourth-order valence-corrected chi connectivity index (χ4v) is 2.69. The van der Waals surface area contributed by atoms with Crippen molar-refractivity contribution in [3.05, 3.63) is 40.1 Å². The molecule has 120 valence electrons. The van der Waals surface area contributed by atoms with Crippen molar-refractivity contribution in [2.24, 2.45) is 0 Å². The zero-order chi connectivity index (χ0) is 15.9. The highest BCUT2D eigenvalue weighted by molar-refractivity contribution is 5.85. The second kappa shape index (κ2) is 7.94. The van der Waals surface area contributed by atoms with Crippen LogP contribution in [0.3, 0.4) is 0 Å². The fraction of sp³-hybridized carbons (Fsp3) is 0.529. The number of nitrogens with one attached hydrogen (secondary N) is 1. The largest absolute Gasteiger partial charge is 0.361 e. The van der Waals surface area contributed by atoms with E-state index in [1.54, 1.807) is 18.2 Å². The Labute approximate surface area is 131 Å². The van der Waals surface area contributed by atoms with Crippen molar-refractivity contribution in [2.45, 2.75) is 46.1 Å². The number of benzene rings is 1. The lowest BCUT2D eigenvalue weighted by Gasteiger charge is -2.21. The maximum Gasteiger partial charge on any atom is 0.270 e. The van der Waals surface area contributed by atoms with Gasteiger partial charge in [0, 0.05) is 35.8 Å². The molecular weight excluding hydrogens is 278 g/mol. The van der Waals surface area contributed by atoms with E-state index in [2.05, 4.69) is 23.7 Å². The van der Waals surface area contributed by atoms with Crippen molar-refractivity contribution in [2.75, 3.05) is 13.1 Å². The van der Waals surface area contributed by atoms with Crippen molar-refractivity contribution in [1.29, 1.82) is 0 Å². The summed E-state index contributed by atoms with van der Waals surface area (Å²) in [5.74, 6) is 0. The van der Waals surface area contributed by atoms with Crippen LogP contribution in [0.4, 0.5) is 5.69 Å². The van der Waals surface area contributed by atoms with E-state index >= 15 is 0 Å². The molecule has 5 heteroatoms. The van der Waals surface area contributed by atoms with Gasteiger partial charge in [-0.3, -0.25) is 15.0 Å². The second-order valence-corrected chi connectivity index (χ2v) is 5.78. The van der Waals surface area contributed by atoms with Crippen molar-refractivity contribution in [1.82, 2.24) is 9.88 Å². The summed E-state index contributed by atoms with van der Waals surface area (Å²) in [7, 11) is 0. The number of rotatable bonds is 9. The molecule has 0 aliphatic heterocycles. The molecule has 2 aromatic rings. The SMILES string of the molecule is CCCCN(CCCC)Cc1c[nH]c2ccc([N+](=O)[O-])cc12. The molecule has 0 unspecified atom stereocenters. The molecule has 0 aliphatic rings. The van der Waals surface area contributed by atoms with Crippen LogP contribution in [0.1, 0.15) is 45.1 Å². The standard InChI is InChI=1S/C17H25N3O2/c1-3-5-9-19(10-6-4-2)13-14-12-18-17-8-7-15(20(21)22)11-16(14)17/h7-8,11-12,18H,3-6,9-10,13H2,1-2H3. The van der Waals surface area contributed by atoms with Gasteiger partial charge >= 0.3 is 0 Å². The highest BCUT2D eigenvalue weighted by Crippen LogP contribution is 2.24. The molecule has 1 heterocycles. The average Bonchev–Trinajstić information content (AvgIpc) is 2.92. The Morgan fingerprint density at radius 2 is 1.86 bits per heavy atom. The number of aromatic amines is 1. The van der Waals surface area contributed by atoms with Gasteiger partial charge in [-0.25, -0.2) is 0 Å². The van der Waals surface area contributed by atoms with Crippen LogP contribution in [0, 0.1) is 10.1 Å². The average molecular weight is 303 g/mol. The number of hydrogen-bond donors (Lipinski definition) is 1. The third-order valence-electron chi connectivity index (χ3n) is 4.01. The van der Waals surface area contributed by atoms with E-state index in [-0.39, 0.29) is 10.6 Å². The molecule has 1 aromatic carbocycles. The first-order valence-electron chi connectivity index (χ1n) is 8.12. The van der Waals surface area contributed by atoms with E-state index in [9.17, 15) is 10.1 Å². The van der Waals surface area contributed by atoms with Gasteiger partial charge in [0.05, 0.1) is 4.92 Å². The smallest absolute Gasteiger partial charge is 0.270 e. The number of H-pyrrole nitrogens is 1. The van der Waals surface area contributed by atoms with Gasteiger partial charge in [0.15, 0.2) is 0 Å². The molecule has 0 radical (unpaired) electrons. The number of hydrogen-bond acceptors (Lipinski definition) is 3. The normalized spacial score (nSPS) is 11.4. The number of nitro groups is 1. The lowest BCUT2D eigenvalue weighted by molar-refractivity contribution is -0.384. The molecule has 22 heavy (non-hydrogen) atoms. The third kappa shape index (κ3) is 4.07. The second-order valence-electron chi connectivity index (χ2n) is 5.78. The summed E-state index contributed by atoms with van der Waals surface area (Å²) in [5.41, 5.74) is 2.26. The predicted molar refractivity (Wildman–Crippen MR) is 90.0 cm³/mol. The number of aromatic nitrogens is 1. The minimum Gasteiger partial charge on any atom is -0.361 e. The van der Waals surface area contributed by atoms with Gasteiger partial charge in [0.25, 0.3) is 5.69 Å². The number of fused-ring (bicyclic) bond motifs is 1. The molecule has 0 fully saturated rings. The van der Waals surface area contributed by atoms with Gasteiger partial charge in [-0.05, 0) is 37.6 Å². The van der Waals surface area contributed by atoms with Gasteiger partial charge in [-0.15, -0.1) is 0 Å². The van der Waals surface area contributed by atoms with Crippen LogP contribution in [0.25, 0.3) is 10.9 Å². The quantitative estimate of drug-likeness (QED) is 0.549. The number of unbranched alkanes of at least 4 members (excludes halogenated alkanes) is 2. The van der Waals surface area contributed by atoms with Crippen LogP contribution < -0.4 is 0 Å². The minimum absolute atomic E-state index is 0.155. The topological polar surface area (TPSA) is 62.2 Å². The molecule has 0 amide bonds. The predicted octanol–water partition coefficient (Wildman–Crippen LogP) is 4.48. The Morgan fingerprint density at radius 1 is 1.18 bits per heavy atom. The molecule has 1 aromatic heterocycles. The molecule has 0 aliphatic carbocycles. The van der Waals surface area contributed by atoms with E-state index in [0.717, 1.165) is 36.1 Å². The third-order valence-corrected chi connectivity index (χ3v) is 4.01. The zero-order valence-electron chi connectivity index (χ0n) is 13.5. The molecule has 2 rings (SSSR count). The molecule has 1 N–H and O–H groups in total. The van der Waals surface area contributed by atoms with E-state index in [0.29, 0.717) is 0 Å². The van der Waals surface area contributed by atoms with Gasteiger partial charge in [-0.1, -0.05) is 26.7 Å². The Hall–Kier alpha value is -1.88. The van der Waals surface area contributed by atoms with Crippen molar-refractivity contribution in [3.63, 3.8) is 0 Å². The summed E-state index contributed by atoms with van der Waals surface area (Å²) in [6.45, 7) is 7.41. The van der Waals surface area contributed by atoms with E-state index in [4.69, 9.17) is 0 Å². The summed E-state index contributed by atoms with van der Waals surface area (Å²) in [4.78, 5) is 16.3. The van der Waals surface area contributed by atoms with E-state index in [1.807, 2.05) is 6.20 Å². The number of nitro benzene ring substituents is 1.